The van der Waals surface area contributed by atoms with Gasteiger partial charge in [-0.2, -0.15) is 5.26 Å². The van der Waals surface area contributed by atoms with Gasteiger partial charge in [-0.15, -0.1) is 0 Å². The maximum absolute atomic E-state index is 12.4. The van der Waals surface area contributed by atoms with Crippen molar-refractivity contribution in [3.05, 3.63) is 41.6 Å². The van der Waals surface area contributed by atoms with Gasteiger partial charge in [-0.1, -0.05) is 12.1 Å². The molecule has 1 fully saturated rings. The van der Waals surface area contributed by atoms with Crippen molar-refractivity contribution in [2.75, 3.05) is 51.8 Å². The van der Waals surface area contributed by atoms with Crippen LogP contribution in [0.15, 0.2) is 36.0 Å². The number of methoxy groups -OCH3 is 1. The number of anilines is 1. The summed E-state index contributed by atoms with van der Waals surface area (Å²) in [5, 5.41) is 20.9. The minimum Gasteiger partial charge on any atom is -0.465 e. The first-order valence-electron chi connectivity index (χ1n) is 8.27. The van der Waals surface area contributed by atoms with Crippen molar-refractivity contribution in [1.82, 2.24) is 9.80 Å². The molecule has 8 heteroatoms. The fourth-order valence-corrected chi connectivity index (χ4v) is 2.65. The average molecular weight is 358 g/mol. The number of amides is 1. The molecule has 1 saturated heterocycles. The zero-order valence-corrected chi connectivity index (χ0v) is 14.6. The number of nitrogens with zero attached hydrogens (tertiary/aromatic N) is 3. The van der Waals surface area contributed by atoms with Crippen molar-refractivity contribution >= 4 is 17.6 Å². The molecule has 1 heterocycles. The van der Waals surface area contributed by atoms with E-state index in [4.69, 9.17) is 9.84 Å². The largest absolute Gasteiger partial charge is 0.465 e. The number of carbonyl (C=O) groups is 2. The first-order valence-corrected chi connectivity index (χ1v) is 8.27. The number of esters is 1. The number of aliphatic hydroxyl groups excluding tert-OH is 1. The van der Waals surface area contributed by atoms with E-state index in [-0.39, 0.29) is 17.7 Å². The highest BCUT2D eigenvalue weighted by Crippen LogP contribution is 2.17. The molecule has 2 rings (SSSR count). The van der Waals surface area contributed by atoms with E-state index in [2.05, 4.69) is 10.2 Å². The van der Waals surface area contributed by atoms with Gasteiger partial charge in [0, 0.05) is 38.9 Å². The van der Waals surface area contributed by atoms with Crippen LogP contribution in [-0.4, -0.2) is 73.2 Å². The van der Waals surface area contributed by atoms with E-state index >= 15 is 0 Å². The molecule has 1 aromatic carbocycles. The van der Waals surface area contributed by atoms with Gasteiger partial charge in [0.1, 0.15) is 11.6 Å². The average Bonchev–Trinajstić information content (AvgIpc) is 2.67. The van der Waals surface area contributed by atoms with Gasteiger partial charge in [-0.3, -0.25) is 9.69 Å². The SMILES string of the molecule is COC(=O)c1ccccc1NC(=O)/C(C#N)=C\N1CCN(CCO)CC1. The summed E-state index contributed by atoms with van der Waals surface area (Å²) >= 11 is 0. The van der Waals surface area contributed by atoms with Crippen molar-refractivity contribution in [3.63, 3.8) is 0 Å². The van der Waals surface area contributed by atoms with Crippen LogP contribution in [0.3, 0.4) is 0 Å². The zero-order chi connectivity index (χ0) is 18.9. The monoisotopic (exact) mass is 358 g/mol. The highest BCUT2D eigenvalue weighted by Gasteiger charge is 2.19. The summed E-state index contributed by atoms with van der Waals surface area (Å²) in [6, 6.07) is 8.36. The first-order chi connectivity index (χ1) is 12.6. The summed E-state index contributed by atoms with van der Waals surface area (Å²) in [6.45, 7) is 3.56. The Hall–Kier alpha value is -2.89. The molecule has 2 N–H and O–H groups in total. The standard InChI is InChI=1S/C18H22N4O4/c1-26-18(25)15-4-2-3-5-16(15)20-17(24)14(12-19)13-22-8-6-21(7-9-22)10-11-23/h2-5,13,23H,6-11H2,1H3,(H,20,24)/b14-13-. The molecule has 1 aromatic rings. The lowest BCUT2D eigenvalue weighted by Gasteiger charge is -2.33. The molecule has 0 unspecified atom stereocenters. The van der Waals surface area contributed by atoms with Crippen molar-refractivity contribution in [2.45, 2.75) is 0 Å². The Morgan fingerprint density at radius 1 is 1.31 bits per heavy atom. The third kappa shape index (κ3) is 5.05. The quantitative estimate of drug-likeness (QED) is 0.431. The normalized spacial score (nSPS) is 15.3. The molecule has 0 saturated carbocycles. The number of hydrogen-bond donors (Lipinski definition) is 2. The van der Waals surface area contributed by atoms with Gasteiger partial charge in [0.05, 0.1) is 25.0 Å². The number of piperazine rings is 1. The van der Waals surface area contributed by atoms with Crippen LogP contribution < -0.4 is 5.32 Å². The minimum atomic E-state index is -0.582. The second-order valence-corrected chi connectivity index (χ2v) is 5.75. The number of nitrogens with one attached hydrogen (secondary N) is 1. The summed E-state index contributed by atoms with van der Waals surface area (Å²) < 4.78 is 4.70. The number of carbonyl (C=O) groups excluding carboxylic acids is 2. The third-order valence-corrected chi connectivity index (χ3v) is 4.08. The van der Waals surface area contributed by atoms with Crippen LogP contribution in [-0.2, 0) is 9.53 Å². The van der Waals surface area contributed by atoms with Crippen molar-refractivity contribution in [2.24, 2.45) is 0 Å². The lowest BCUT2D eigenvalue weighted by molar-refractivity contribution is -0.112. The number of hydrogen-bond acceptors (Lipinski definition) is 7. The van der Waals surface area contributed by atoms with Crippen LogP contribution in [0.2, 0.25) is 0 Å². The van der Waals surface area contributed by atoms with Crippen LogP contribution >= 0.6 is 0 Å². The molecular weight excluding hydrogens is 336 g/mol. The smallest absolute Gasteiger partial charge is 0.339 e. The molecule has 0 radical (unpaired) electrons. The van der Waals surface area contributed by atoms with Gasteiger partial charge in [0.15, 0.2) is 0 Å². The van der Waals surface area contributed by atoms with E-state index in [1.807, 2.05) is 11.0 Å². The number of rotatable bonds is 6. The molecular formula is C18H22N4O4. The maximum atomic E-state index is 12.4. The van der Waals surface area contributed by atoms with Gasteiger partial charge < -0.3 is 20.1 Å². The number of para-hydroxylation sites is 1. The zero-order valence-electron chi connectivity index (χ0n) is 14.6. The fourth-order valence-electron chi connectivity index (χ4n) is 2.65. The van der Waals surface area contributed by atoms with Gasteiger partial charge in [0.25, 0.3) is 5.91 Å². The summed E-state index contributed by atoms with van der Waals surface area (Å²) in [5.41, 5.74) is 0.469. The third-order valence-electron chi connectivity index (χ3n) is 4.08. The van der Waals surface area contributed by atoms with Crippen molar-refractivity contribution in [1.29, 1.82) is 5.26 Å². The Labute approximate surface area is 152 Å². The van der Waals surface area contributed by atoms with E-state index in [1.165, 1.54) is 19.4 Å². The summed E-state index contributed by atoms with van der Waals surface area (Å²) in [5.74, 6) is -1.15. The maximum Gasteiger partial charge on any atom is 0.339 e. The highest BCUT2D eigenvalue weighted by molar-refractivity contribution is 6.09. The van der Waals surface area contributed by atoms with E-state index < -0.39 is 11.9 Å². The molecule has 0 aliphatic carbocycles. The second kappa shape index (κ2) is 9.56. The molecule has 0 atom stereocenters. The predicted molar refractivity (Wildman–Crippen MR) is 95.2 cm³/mol. The van der Waals surface area contributed by atoms with Gasteiger partial charge in [0.2, 0.25) is 0 Å². The van der Waals surface area contributed by atoms with Gasteiger partial charge >= 0.3 is 5.97 Å². The fraction of sp³-hybridized carbons (Fsp3) is 0.389. The molecule has 1 aliphatic heterocycles. The molecule has 1 amide bonds. The highest BCUT2D eigenvalue weighted by atomic mass is 16.5. The number of β-amino-alcohol motifs (C(OH)–C–C–N with tert-alkyl or cyclic N) is 1. The van der Waals surface area contributed by atoms with Crippen LogP contribution in [0.1, 0.15) is 10.4 Å². The number of nitriles is 1. The van der Waals surface area contributed by atoms with E-state index in [1.54, 1.807) is 18.2 Å². The molecule has 138 valence electrons. The molecule has 0 bridgehead atoms. The lowest BCUT2D eigenvalue weighted by Crippen LogP contribution is -2.45. The van der Waals surface area contributed by atoms with Crippen LogP contribution in [0.5, 0.6) is 0 Å². The van der Waals surface area contributed by atoms with Crippen LogP contribution in [0.25, 0.3) is 0 Å². The Morgan fingerprint density at radius 2 is 2.00 bits per heavy atom. The molecule has 1 aliphatic rings. The molecule has 26 heavy (non-hydrogen) atoms. The molecule has 8 nitrogen and oxygen atoms in total. The first kappa shape index (κ1) is 19.4. The van der Waals surface area contributed by atoms with Gasteiger partial charge in [-0.05, 0) is 12.1 Å². The van der Waals surface area contributed by atoms with E-state index in [9.17, 15) is 14.9 Å². The minimum absolute atomic E-state index is 0.0414. The topological polar surface area (TPSA) is 106 Å². The Bertz CT molecular complexity index is 718. The van der Waals surface area contributed by atoms with Crippen molar-refractivity contribution < 1.29 is 19.4 Å². The summed E-state index contributed by atoms with van der Waals surface area (Å²) in [4.78, 5) is 28.2. The van der Waals surface area contributed by atoms with Crippen molar-refractivity contribution in [3.8, 4) is 6.07 Å². The van der Waals surface area contributed by atoms with E-state index in [0.29, 0.717) is 25.3 Å². The van der Waals surface area contributed by atoms with Gasteiger partial charge in [-0.25, -0.2) is 4.79 Å². The Morgan fingerprint density at radius 3 is 2.62 bits per heavy atom. The predicted octanol–water partition coefficient (Wildman–Crippen LogP) is 0.429. The van der Waals surface area contributed by atoms with Crippen LogP contribution in [0, 0.1) is 11.3 Å². The second-order valence-electron chi connectivity index (χ2n) is 5.75. The number of benzene rings is 1. The molecule has 0 aromatic heterocycles. The lowest BCUT2D eigenvalue weighted by atomic mass is 10.1. The Kier molecular flexibility index (Phi) is 7.14. The number of ether oxygens (including phenoxy) is 1. The van der Waals surface area contributed by atoms with Crippen LogP contribution in [0.4, 0.5) is 5.69 Å². The molecule has 0 spiro atoms. The van der Waals surface area contributed by atoms with E-state index in [0.717, 1.165) is 13.1 Å². The Balaban J connectivity index is 2.06. The number of aliphatic hydroxyl groups is 1. The summed E-state index contributed by atoms with van der Waals surface area (Å²) in [7, 11) is 1.26. The summed E-state index contributed by atoms with van der Waals surface area (Å²) in [6.07, 6.45) is 1.53.